The second-order valence-electron chi connectivity index (χ2n) is 3.12. The topological polar surface area (TPSA) is 64.3 Å². The molecule has 0 aromatic heterocycles. The molecule has 0 aliphatic rings. The summed E-state index contributed by atoms with van der Waals surface area (Å²) in [4.78, 5) is 10.8. The number of carbonyl (C=O) groups is 1. The molecule has 0 saturated carbocycles. The Morgan fingerprint density at radius 3 is 2.73 bits per heavy atom. The van der Waals surface area contributed by atoms with E-state index >= 15 is 0 Å². The Hall–Kier alpha value is -1.23. The lowest BCUT2D eigenvalue weighted by Crippen LogP contribution is -2.32. The van der Waals surface area contributed by atoms with Crippen LogP contribution in [-0.4, -0.2) is 19.1 Å². The van der Waals surface area contributed by atoms with E-state index in [0.29, 0.717) is 0 Å². The maximum absolute atomic E-state index is 10.8. The highest BCUT2D eigenvalue weighted by molar-refractivity contribution is 9.10. The quantitative estimate of drug-likeness (QED) is 0.878. The van der Waals surface area contributed by atoms with Crippen LogP contribution in [0.15, 0.2) is 22.7 Å². The number of hydrogen-bond acceptors (Lipinski definition) is 3. The van der Waals surface area contributed by atoms with E-state index in [9.17, 15) is 4.79 Å². The minimum atomic E-state index is -0.398. The summed E-state index contributed by atoms with van der Waals surface area (Å²) in [6, 6.07) is 5.06. The van der Waals surface area contributed by atoms with Gasteiger partial charge in [0.1, 0.15) is 11.8 Å². The van der Waals surface area contributed by atoms with Gasteiger partial charge in [-0.15, -0.1) is 0 Å². The number of nitrogens with two attached hydrogens (primary N) is 1. The molecule has 1 aromatic carbocycles. The van der Waals surface area contributed by atoms with Gasteiger partial charge in [0, 0.05) is 5.69 Å². The van der Waals surface area contributed by atoms with Crippen LogP contribution >= 0.6 is 15.9 Å². The Kier molecular flexibility index (Phi) is 3.96. The summed E-state index contributed by atoms with van der Waals surface area (Å²) in [6.07, 6.45) is 0. The zero-order valence-electron chi connectivity index (χ0n) is 8.58. The molecule has 0 fully saturated rings. The third kappa shape index (κ3) is 3.13. The molecule has 15 heavy (non-hydrogen) atoms. The Morgan fingerprint density at radius 2 is 2.27 bits per heavy atom. The first-order valence-electron chi connectivity index (χ1n) is 4.44. The van der Waals surface area contributed by atoms with Crippen LogP contribution in [0.3, 0.4) is 0 Å². The van der Waals surface area contributed by atoms with E-state index in [0.717, 1.165) is 15.9 Å². The van der Waals surface area contributed by atoms with E-state index in [4.69, 9.17) is 10.5 Å². The first-order valence-corrected chi connectivity index (χ1v) is 5.23. The molecular formula is C10H13BrN2O2. The average molecular weight is 273 g/mol. The van der Waals surface area contributed by atoms with Gasteiger partial charge in [-0.1, -0.05) is 0 Å². The second kappa shape index (κ2) is 5.02. The van der Waals surface area contributed by atoms with E-state index < -0.39 is 6.04 Å². The second-order valence-corrected chi connectivity index (χ2v) is 3.97. The van der Waals surface area contributed by atoms with Crippen molar-refractivity contribution >= 4 is 27.5 Å². The predicted molar refractivity (Wildman–Crippen MR) is 63.0 cm³/mol. The summed E-state index contributed by atoms with van der Waals surface area (Å²) >= 11 is 3.35. The summed E-state index contributed by atoms with van der Waals surface area (Å²) in [5, 5.41) is 2.97. The summed E-state index contributed by atoms with van der Waals surface area (Å²) in [6.45, 7) is 1.71. The lowest BCUT2D eigenvalue weighted by molar-refractivity contribution is -0.118. The lowest BCUT2D eigenvalue weighted by Gasteiger charge is -2.12. The number of amides is 1. The minimum absolute atomic E-state index is 0.387. The summed E-state index contributed by atoms with van der Waals surface area (Å²) < 4.78 is 5.91. The molecule has 0 aliphatic heterocycles. The Balaban J connectivity index is 2.79. The van der Waals surface area contributed by atoms with Crippen LogP contribution in [0.5, 0.6) is 5.75 Å². The van der Waals surface area contributed by atoms with Crippen LogP contribution in [0.25, 0.3) is 0 Å². The van der Waals surface area contributed by atoms with Crippen molar-refractivity contribution in [3.63, 3.8) is 0 Å². The van der Waals surface area contributed by atoms with Crippen LogP contribution in [0.4, 0.5) is 5.69 Å². The summed E-state index contributed by atoms with van der Waals surface area (Å²) in [5.74, 6) is 0.356. The number of primary amides is 1. The van der Waals surface area contributed by atoms with Crippen molar-refractivity contribution in [2.75, 3.05) is 12.4 Å². The van der Waals surface area contributed by atoms with E-state index in [1.165, 1.54) is 0 Å². The number of hydrogen-bond donors (Lipinski definition) is 2. The molecule has 5 heteroatoms. The minimum Gasteiger partial charge on any atom is -0.496 e. The van der Waals surface area contributed by atoms with Gasteiger partial charge in [0.25, 0.3) is 0 Å². The van der Waals surface area contributed by atoms with Gasteiger partial charge < -0.3 is 15.8 Å². The lowest BCUT2D eigenvalue weighted by atomic mass is 10.2. The molecule has 1 rings (SSSR count). The monoisotopic (exact) mass is 272 g/mol. The van der Waals surface area contributed by atoms with Gasteiger partial charge in [-0.05, 0) is 41.1 Å². The van der Waals surface area contributed by atoms with Crippen molar-refractivity contribution in [3.8, 4) is 5.75 Å². The number of ether oxygens (including phenoxy) is 1. The van der Waals surface area contributed by atoms with Crippen LogP contribution in [-0.2, 0) is 4.79 Å². The van der Waals surface area contributed by atoms with E-state index in [1.807, 2.05) is 12.1 Å². The zero-order chi connectivity index (χ0) is 11.4. The SMILES string of the molecule is COc1ccc(NC(C)C(N)=O)cc1Br. The van der Waals surface area contributed by atoms with Gasteiger partial charge in [0.05, 0.1) is 11.6 Å². The largest absolute Gasteiger partial charge is 0.496 e. The molecule has 0 spiro atoms. The predicted octanol–water partition coefficient (Wildman–Crippen LogP) is 1.74. The molecule has 0 saturated heterocycles. The summed E-state index contributed by atoms with van der Waals surface area (Å²) in [5.41, 5.74) is 5.95. The molecule has 3 N–H and O–H groups in total. The van der Waals surface area contributed by atoms with Gasteiger partial charge in [-0.3, -0.25) is 4.79 Å². The molecule has 0 aliphatic carbocycles. The maximum Gasteiger partial charge on any atom is 0.239 e. The third-order valence-corrected chi connectivity index (χ3v) is 2.58. The molecule has 1 atom stereocenters. The highest BCUT2D eigenvalue weighted by Gasteiger charge is 2.08. The average Bonchev–Trinajstić information content (AvgIpc) is 2.18. The Morgan fingerprint density at radius 1 is 1.60 bits per heavy atom. The molecule has 0 radical (unpaired) electrons. The van der Waals surface area contributed by atoms with Crippen molar-refractivity contribution < 1.29 is 9.53 Å². The molecule has 1 unspecified atom stereocenters. The number of benzene rings is 1. The normalized spacial score (nSPS) is 11.9. The van der Waals surface area contributed by atoms with E-state index in [2.05, 4.69) is 21.2 Å². The van der Waals surface area contributed by atoms with E-state index in [1.54, 1.807) is 20.1 Å². The van der Waals surface area contributed by atoms with Gasteiger partial charge >= 0.3 is 0 Å². The van der Waals surface area contributed by atoms with Crippen molar-refractivity contribution in [1.82, 2.24) is 0 Å². The number of carbonyl (C=O) groups excluding carboxylic acids is 1. The highest BCUT2D eigenvalue weighted by atomic mass is 79.9. The Bertz CT molecular complexity index is 368. The van der Waals surface area contributed by atoms with Crippen LogP contribution in [0, 0.1) is 0 Å². The molecule has 82 valence electrons. The standard InChI is InChI=1S/C10H13BrN2O2/c1-6(10(12)14)13-7-3-4-9(15-2)8(11)5-7/h3-6,13H,1-2H3,(H2,12,14). The van der Waals surface area contributed by atoms with Crippen molar-refractivity contribution in [1.29, 1.82) is 0 Å². The van der Waals surface area contributed by atoms with Gasteiger partial charge in [-0.25, -0.2) is 0 Å². The number of anilines is 1. The van der Waals surface area contributed by atoms with E-state index in [-0.39, 0.29) is 5.91 Å². The number of methoxy groups -OCH3 is 1. The molecule has 0 bridgehead atoms. The zero-order valence-corrected chi connectivity index (χ0v) is 10.2. The number of nitrogens with one attached hydrogen (secondary N) is 1. The first-order chi connectivity index (χ1) is 7.04. The van der Waals surface area contributed by atoms with Gasteiger partial charge in [-0.2, -0.15) is 0 Å². The maximum atomic E-state index is 10.8. The molecule has 4 nitrogen and oxygen atoms in total. The van der Waals surface area contributed by atoms with Crippen LogP contribution in [0.1, 0.15) is 6.92 Å². The summed E-state index contributed by atoms with van der Waals surface area (Å²) in [7, 11) is 1.60. The first kappa shape index (κ1) is 11.8. The van der Waals surface area contributed by atoms with Gasteiger partial charge in [0.2, 0.25) is 5.91 Å². The molecular weight excluding hydrogens is 260 g/mol. The number of rotatable bonds is 4. The molecule has 0 heterocycles. The van der Waals surface area contributed by atoms with Crippen LogP contribution in [0.2, 0.25) is 0 Å². The fourth-order valence-electron chi connectivity index (χ4n) is 1.08. The van der Waals surface area contributed by atoms with Crippen molar-refractivity contribution in [2.24, 2.45) is 5.73 Å². The fraction of sp³-hybridized carbons (Fsp3) is 0.300. The number of halogens is 1. The fourth-order valence-corrected chi connectivity index (χ4v) is 1.62. The Labute approximate surface area is 96.9 Å². The molecule has 1 aromatic rings. The third-order valence-electron chi connectivity index (χ3n) is 1.96. The highest BCUT2D eigenvalue weighted by Crippen LogP contribution is 2.27. The van der Waals surface area contributed by atoms with Crippen LogP contribution < -0.4 is 15.8 Å². The van der Waals surface area contributed by atoms with Crippen molar-refractivity contribution in [3.05, 3.63) is 22.7 Å². The van der Waals surface area contributed by atoms with Gasteiger partial charge in [0.15, 0.2) is 0 Å². The van der Waals surface area contributed by atoms with Crippen molar-refractivity contribution in [2.45, 2.75) is 13.0 Å². The molecule has 1 amide bonds. The smallest absolute Gasteiger partial charge is 0.239 e.